The SMILES string of the molecule is COC1CCN(CC2=NOC(c3ccccc3)C2)CC1. The highest BCUT2D eigenvalue weighted by molar-refractivity contribution is 5.87. The molecule has 20 heavy (non-hydrogen) atoms. The van der Waals surface area contributed by atoms with Gasteiger partial charge in [0.1, 0.15) is 0 Å². The second-order valence-electron chi connectivity index (χ2n) is 5.58. The monoisotopic (exact) mass is 274 g/mol. The van der Waals surface area contributed by atoms with E-state index in [1.54, 1.807) is 7.11 Å². The van der Waals surface area contributed by atoms with Gasteiger partial charge in [-0.25, -0.2) is 0 Å². The van der Waals surface area contributed by atoms with Crippen LogP contribution < -0.4 is 0 Å². The van der Waals surface area contributed by atoms with Crippen molar-refractivity contribution in [3.8, 4) is 0 Å². The highest BCUT2D eigenvalue weighted by Gasteiger charge is 2.26. The van der Waals surface area contributed by atoms with Gasteiger partial charge >= 0.3 is 0 Å². The molecule has 2 heterocycles. The minimum absolute atomic E-state index is 0.0997. The van der Waals surface area contributed by atoms with Gasteiger partial charge in [-0.05, 0) is 18.4 Å². The Morgan fingerprint density at radius 1 is 1.25 bits per heavy atom. The second-order valence-corrected chi connectivity index (χ2v) is 5.58. The van der Waals surface area contributed by atoms with Crippen molar-refractivity contribution in [3.63, 3.8) is 0 Å². The summed E-state index contributed by atoms with van der Waals surface area (Å²) in [4.78, 5) is 8.02. The molecule has 0 aliphatic carbocycles. The third-order valence-corrected chi connectivity index (χ3v) is 4.18. The normalized spacial score (nSPS) is 24.4. The van der Waals surface area contributed by atoms with Crippen LogP contribution in [0.1, 0.15) is 30.9 Å². The average Bonchev–Trinajstić information content (AvgIpc) is 2.97. The van der Waals surface area contributed by atoms with Gasteiger partial charge in [-0.3, -0.25) is 4.90 Å². The van der Waals surface area contributed by atoms with Crippen LogP contribution in [0.3, 0.4) is 0 Å². The van der Waals surface area contributed by atoms with E-state index < -0.39 is 0 Å². The molecule has 0 saturated carbocycles. The summed E-state index contributed by atoms with van der Waals surface area (Å²) in [5.74, 6) is 0. The predicted molar refractivity (Wildman–Crippen MR) is 78.8 cm³/mol. The molecule has 2 aliphatic heterocycles. The van der Waals surface area contributed by atoms with Crippen LogP contribution in [0.25, 0.3) is 0 Å². The molecule has 0 amide bonds. The molecule has 0 aromatic heterocycles. The van der Waals surface area contributed by atoms with Gasteiger partial charge in [-0.15, -0.1) is 0 Å². The molecular formula is C16H22N2O2. The Bertz CT molecular complexity index is 453. The fourth-order valence-corrected chi connectivity index (χ4v) is 2.93. The van der Waals surface area contributed by atoms with E-state index in [1.165, 1.54) is 5.56 Å². The molecule has 108 valence electrons. The van der Waals surface area contributed by atoms with Crippen molar-refractivity contribution >= 4 is 5.71 Å². The summed E-state index contributed by atoms with van der Waals surface area (Å²) in [5, 5.41) is 4.27. The second kappa shape index (κ2) is 6.37. The van der Waals surface area contributed by atoms with Gasteiger partial charge in [0.25, 0.3) is 0 Å². The number of methoxy groups -OCH3 is 1. The highest BCUT2D eigenvalue weighted by Crippen LogP contribution is 2.27. The summed E-state index contributed by atoms with van der Waals surface area (Å²) < 4.78 is 5.40. The maximum atomic E-state index is 5.57. The molecule has 0 spiro atoms. The van der Waals surface area contributed by atoms with E-state index in [1.807, 2.05) is 18.2 Å². The fourth-order valence-electron chi connectivity index (χ4n) is 2.93. The van der Waals surface area contributed by atoms with E-state index in [4.69, 9.17) is 9.57 Å². The Balaban J connectivity index is 1.49. The first-order valence-electron chi connectivity index (χ1n) is 7.37. The number of benzene rings is 1. The number of nitrogens with zero attached hydrogens (tertiary/aromatic N) is 2. The lowest BCUT2D eigenvalue weighted by Gasteiger charge is -2.30. The number of hydrogen-bond acceptors (Lipinski definition) is 4. The molecular weight excluding hydrogens is 252 g/mol. The van der Waals surface area contributed by atoms with Crippen molar-refractivity contribution in [2.75, 3.05) is 26.7 Å². The van der Waals surface area contributed by atoms with Crippen molar-refractivity contribution < 1.29 is 9.57 Å². The van der Waals surface area contributed by atoms with Crippen molar-refractivity contribution in [2.24, 2.45) is 5.16 Å². The number of oxime groups is 1. The molecule has 0 radical (unpaired) electrons. The van der Waals surface area contributed by atoms with Crippen molar-refractivity contribution in [1.29, 1.82) is 0 Å². The topological polar surface area (TPSA) is 34.1 Å². The molecule has 0 bridgehead atoms. The smallest absolute Gasteiger partial charge is 0.157 e. The van der Waals surface area contributed by atoms with Crippen LogP contribution in [0.15, 0.2) is 35.5 Å². The largest absolute Gasteiger partial charge is 0.387 e. The summed E-state index contributed by atoms with van der Waals surface area (Å²) >= 11 is 0. The summed E-state index contributed by atoms with van der Waals surface area (Å²) in [5.41, 5.74) is 2.37. The lowest BCUT2D eigenvalue weighted by atomic mass is 10.0. The van der Waals surface area contributed by atoms with E-state index in [0.717, 1.165) is 44.6 Å². The van der Waals surface area contributed by atoms with Crippen molar-refractivity contribution in [3.05, 3.63) is 35.9 Å². The first kappa shape index (κ1) is 13.6. The zero-order valence-corrected chi connectivity index (χ0v) is 12.0. The Morgan fingerprint density at radius 2 is 2.00 bits per heavy atom. The quantitative estimate of drug-likeness (QED) is 0.846. The van der Waals surface area contributed by atoms with Crippen molar-refractivity contribution in [2.45, 2.75) is 31.5 Å². The fraction of sp³-hybridized carbons (Fsp3) is 0.562. The summed E-state index contributed by atoms with van der Waals surface area (Å²) in [6.07, 6.45) is 3.68. The average molecular weight is 274 g/mol. The Labute approximate surface area is 120 Å². The van der Waals surface area contributed by atoms with E-state index in [2.05, 4.69) is 22.2 Å². The van der Waals surface area contributed by atoms with Gasteiger partial charge in [-0.2, -0.15) is 0 Å². The first-order valence-corrected chi connectivity index (χ1v) is 7.37. The highest BCUT2D eigenvalue weighted by atomic mass is 16.6. The summed E-state index contributed by atoms with van der Waals surface area (Å²) in [7, 11) is 1.81. The number of piperidine rings is 1. The van der Waals surface area contributed by atoms with Crippen LogP contribution in [0.4, 0.5) is 0 Å². The van der Waals surface area contributed by atoms with Crippen LogP contribution in [0, 0.1) is 0 Å². The molecule has 3 rings (SSSR count). The van der Waals surface area contributed by atoms with Gasteiger partial charge in [0.05, 0.1) is 11.8 Å². The number of likely N-dealkylation sites (tertiary alicyclic amines) is 1. The molecule has 1 aromatic rings. The maximum absolute atomic E-state index is 5.57. The van der Waals surface area contributed by atoms with Gasteiger partial charge in [-0.1, -0.05) is 35.5 Å². The zero-order chi connectivity index (χ0) is 13.8. The van der Waals surface area contributed by atoms with Gasteiger partial charge in [0.2, 0.25) is 0 Å². The Morgan fingerprint density at radius 3 is 2.70 bits per heavy atom. The molecule has 1 fully saturated rings. The van der Waals surface area contributed by atoms with E-state index in [-0.39, 0.29) is 6.10 Å². The lowest BCUT2D eigenvalue weighted by Crippen LogP contribution is -2.39. The van der Waals surface area contributed by atoms with Crippen LogP contribution in [-0.2, 0) is 9.57 Å². The number of hydrogen-bond donors (Lipinski definition) is 0. The standard InChI is InChI=1S/C16H22N2O2/c1-19-15-7-9-18(10-8-15)12-14-11-16(20-17-14)13-5-3-2-4-6-13/h2-6,15-16H,7-12H2,1H3. The molecule has 4 nitrogen and oxygen atoms in total. The molecule has 4 heteroatoms. The number of rotatable bonds is 4. The minimum atomic E-state index is 0.0997. The third-order valence-electron chi connectivity index (χ3n) is 4.18. The Kier molecular flexibility index (Phi) is 4.33. The molecule has 1 aromatic carbocycles. The van der Waals surface area contributed by atoms with Crippen LogP contribution in [-0.4, -0.2) is 43.5 Å². The minimum Gasteiger partial charge on any atom is -0.387 e. The summed E-state index contributed by atoms with van der Waals surface area (Å²) in [6, 6.07) is 10.3. The van der Waals surface area contributed by atoms with Crippen LogP contribution in [0.2, 0.25) is 0 Å². The molecule has 1 unspecified atom stereocenters. The van der Waals surface area contributed by atoms with E-state index in [0.29, 0.717) is 6.10 Å². The maximum Gasteiger partial charge on any atom is 0.157 e. The summed E-state index contributed by atoms with van der Waals surface area (Å²) in [6.45, 7) is 3.11. The van der Waals surface area contributed by atoms with Crippen molar-refractivity contribution in [1.82, 2.24) is 4.90 Å². The Hall–Kier alpha value is -1.39. The van der Waals surface area contributed by atoms with Crippen LogP contribution in [0.5, 0.6) is 0 Å². The molecule has 1 atom stereocenters. The molecule has 1 saturated heterocycles. The van der Waals surface area contributed by atoms with Gasteiger partial charge < -0.3 is 9.57 Å². The van der Waals surface area contributed by atoms with Gasteiger partial charge in [0.15, 0.2) is 6.10 Å². The van der Waals surface area contributed by atoms with E-state index in [9.17, 15) is 0 Å². The lowest BCUT2D eigenvalue weighted by molar-refractivity contribution is 0.0454. The third kappa shape index (κ3) is 3.19. The predicted octanol–water partition coefficient (Wildman–Crippen LogP) is 2.61. The van der Waals surface area contributed by atoms with E-state index >= 15 is 0 Å². The van der Waals surface area contributed by atoms with Crippen LogP contribution >= 0.6 is 0 Å². The molecule has 2 aliphatic rings. The number of ether oxygens (including phenoxy) is 1. The first-order chi connectivity index (χ1) is 9.85. The van der Waals surface area contributed by atoms with Gasteiger partial charge in [0, 0.05) is 33.2 Å². The molecule has 0 N–H and O–H groups in total. The zero-order valence-electron chi connectivity index (χ0n) is 12.0.